The molecule has 98 valence electrons. The number of rotatable bonds is 6. The number of aryl methyl sites for hydroxylation is 1. The Labute approximate surface area is 112 Å². The SMILES string of the molecule is CC#CCC(C)c1ccc(OCCC)cc1CC. The summed E-state index contributed by atoms with van der Waals surface area (Å²) in [5, 5.41) is 0. The van der Waals surface area contributed by atoms with Crippen LogP contribution in [0, 0.1) is 11.8 Å². The van der Waals surface area contributed by atoms with E-state index < -0.39 is 0 Å². The summed E-state index contributed by atoms with van der Waals surface area (Å²) >= 11 is 0. The average Bonchev–Trinajstić information content (AvgIpc) is 2.42. The Hall–Kier alpha value is -1.42. The molecule has 18 heavy (non-hydrogen) atoms. The van der Waals surface area contributed by atoms with Crippen molar-refractivity contribution in [3.8, 4) is 17.6 Å². The molecule has 0 heterocycles. The largest absolute Gasteiger partial charge is 0.494 e. The van der Waals surface area contributed by atoms with Gasteiger partial charge in [-0.25, -0.2) is 0 Å². The lowest BCUT2D eigenvalue weighted by molar-refractivity contribution is 0.317. The van der Waals surface area contributed by atoms with Crippen LogP contribution < -0.4 is 4.74 Å². The van der Waals surface area contributed by atoms with E-state index in [0.29, 0.717) is 5.92 Å². The molecule has 0 aliphatic heterocycles. The van der Waals surface area contributed by atoms with Crippen LogP contribution in [0.3, 0.4) is 0 Å². The second-order valence-corrected chi connectivity index (χ2v) is 4.59. The van der Waals surface area contributed by atoms with Crippen LogP contribution >= 0.6 is 0 Å². The third-order valence-corrected chi connectivity index (χ3v) is 3.08. The Balaban J connectivity index is 2.87. The van der Waals surface area contributed by atoms with Crippen molar-refractivity contribution in [1.29, 1.82) is 0 Å². The molecule has 0 N–H and O–H groups in total. The van der Waals surface area contributed by atoms with Crippen molar-refractivity contribution in [3.63, 3.8) is 0 Å². The summed E-state index contributed by atoms with van der Waals surface area (Å²) in [6.07, 6.45) is 3.02. The van der Waals surface area contributed by atoms with Crippen LogP contribution in [0.25, 0.3) is 0 Å². The maximum absolute atomic E-state index is 5.69. The first-order valence-electron chi connectivity index (χ1n) is 6.88. The van der Waals surface area contributed by atoms with Gasteiger partial charge in [-0.3, -0.25) is 0 Å². The molecule has 0 spiro atoms. The summed E-state index contributed by atoms with van der Waals surface area (Å²) in [6, 6.07) is 6.47. The van der Waals surface area contributed by atoms with Crippen molar-refractivity contribution in [2.24, 2.45) is 0 Å². The van der Waals surface area contributed by atoms with E-state index in [1.165, 1.54) is 11.1 Å². The molecule has 0 fully saturated rings. The predicted octanol–water partition coefficient (Wildman–Crippen LogP) is 4.55. The zero-order chi connectivity index (χ0) is 13.4. The first-order chi connectivity index (χ1) is 8.72. The van der Waals surface area contributed by atoms with Crippen LogP contribution in [-0.4, -0.2) is 6.61 Å². The smallest absolute Gasteiger partial charge is 0.119 e. The lowest BCUT2D eigenvalue weighted by atomic mass is 9.92. The van der Waals surface area contributed by atoms with Crippen molar-refractivity contribution in [2.45, 2.75) is 52.9 Å². The van der Waals surface area contributed by atoms with Gasteiger partial charge < -0.3 is 4.74 Å². The molecule has 1 unspecified atom stereocenters. The number of hydrogen-bond donors (Lipinski definition) is 0. The minimum atomic E-state index is 0.493. The number of ether oxygens (including phenoxy) is 1. The Bertz CT molecular complexity index is 423. The Morgan fingerprint density at radius 2 is 2.06 bits per heavy atom. The fraction of sp³-hybridized carbons (Fsp3) is 0.529. The zero-order valence-corrected chi connectivity index (χ0v) is 12.0. The zero-order valence-electron chi connectivity index (χ0n) is 12.0. The Morgan fingerprint density at radius 1 is 1.28 bits per heavy atom. The van der Waals surface area contributed by atoms with Crippen LogP contribution in [0.1, 0.15) is 57.6 Å². The van der Waals surface area contributed by atoms with Crippen LogP contribution in [0.4, 0.5) is 0 Å². The van der Waals surface area contributed by atoms with Gasteiger partial charge in [-0.05, 0) is 48.9 Å². The summed E-state index contributed by atoms with van der Waals surface area (Å²) < 4.78 is 5.69. The highest BCUT2D eigenvalue weighted by atomic mass is 16.5. The van der Waals surface area contributed by atoms with Crippen molar-refractivity contribution in [3.05, 3.63) is 29.3 Å². The van der Waals surface area contributed by atoms with E-state index in [9.17, 15) is 0 Å². The summed E-state index contributed by atoms with van der Waals surface area (Å²) in [5.41, 5.74) is 2.79. The van der Waals surface area contributed by atoms with Crippen LogP contribution in [0.5, 0.6) is 5.75 Å². The summed E-state index contributed by atoms with van der Waals surface area (Å²) in [5.74, 6) is 7.62. The number of benzene rings is 1. The molecular weight excluding hydrogens is 220 g/mol. The van der Waals surface area contributed by atoms with Crippen molar-refractivity contribution in [2.75, 3.05) is 6.61 Å². The van der Waals surface area contributed by atoms with Gasteiger partial charge in [-0.2, -0.15) is 0 Å². The molecule has 0 bridgehead atoms. The molecule has 0 aromatic heterocycles. The lowest BCUT2D eigenvalue weighted by Gasteiger charge is -2.15. The number of hydrogen-bond acceptors (Lipinski definition) is 1. The maximum Gasteiger partial charge on any atom is 0.119 e. The molecule has 0 amide bonds. The molecule has 1 aromatic carbocycles. The van der Waals surface area contributed by atoms with Crippen molar-refractivity contribution in [1.82, 2.24) is 0 Å². The van der Waals surface area contributed by atoms with E-state index in [-0.39, 0.29) is 0 Å². The normalized spacial score (nSPS) is 11.6. The minimum Gasteiger partial charge on any atom is -0.494 e. The standard InChI is InChI=1S/C17H24O/c1-5-8-9-14(4)17-11-10-16(18-12-6-2)13-15(17)7-3/h10-11,13-14H,6-7,9,12H2,1-4H3. The molecule has 1 atom stereocenters. The van der Waals surface area contributed by atoms with E-state index in [2.05, 4.69) is 50.8 Å². The fourth-order valence-electron chi connectivity index (χ4n) is 2.04. The van der Waals surface area contributed by atoms with Gasteiger partial charge in [-0.1, -0.05) is 26.8 Å². The average molecular weight is 244 g/mol. The van der Waals surface area contributed by atoms with Crippen LogP contribution in [-0.2, 0) is 6.42 Å². The van der Waals surface area contributed by atoms with E-state index in [1.807, 2.05) is 6.92 Å². The van der Waals surface area contributed by atoms with Gasteiger partial charge in [0, 0.05) is 6.42 Å². The van der Waals surface area contributed by atoms with Crippen molar-refractivity contribution >= 4 is 0 Å². The van der Waals surface area contributed by atoms with Gasteiger partial charge in [0.05, 0.1) is 6.61 Å². The highest BCUT2D eigenvalue weighted by molar-refractivity contribution is 5.38. The third-order valence-electron chi connectivity index (χ3n) is 3.08. The highest BCUT2D eigenvalue weighted by Gasteiger charge is 2.09. The van der Waals surface area contributed by atoms with Gasteiger partial charge in [0.15, 0.2) is 0 Å². The van der Waals surface area contributed by atoms with E-state index in [0.717, 1.165) is 31.6 Å². The van der Waals surface area contributed by atoms with E-state index in [4.69, 9.17) is 4.74 Å². The van der Waals surface area contributed by atoms with Gasteiger partial charge in [0.2, 0.25) is 0 Å². The van der Waals surface area contributed by atoms with Crippen LogP contribution in [0.15, 0.2) is 18.2 Å². The lowest BCUT2D eigenvalue weighted by Crippen LogP contribution is -2.01. The van der Waals surface area contributed by atoms with Gasteiger partial charge in [0.25, 0.3) is 0 Å². The minimum absolute atomic E-state index is 0.493. The molecule has 0 saturated carbocycles. The summed E-state index contributed by atoms with van der Waals surface area (Å²) in [6.45, 7) is 9.25. The highest BCUT2D eigenvalue weighted by Crippen LogP contribution is 2.27. The summed E-state index contributed by atoms with van der Waals surface area (Å²) in [4.78, 5) is 0. The van der Waals surface area contributed by atoms with Gasteiger partial charge >= 0.3 is 0 Å². The van der Waals surface area contributed by atoms with E-state index in [1.54, 1.807) is 0 Å². The first-order valence-corrected chi connectivity index (χ1v) is 6.88. The molecule has 1 aromatic rings. The van der Waals surface area contributed by atoms with E-state index >= 15 is 0 Å². The maximum atomic E-state index is 5.69. The molecule has 1 rings (SSSR count). The van der Waals surface area contributed by atoms with Gasteiger partial charge in [-0.15, -0.1) is 11.8 Å². The molecule has 0 aliphatic rings. The Morgan fingerprint density at radius 3 is 2.67 bits per heavy atom. The molecular formula is C17H24O. The predicted molar refractivity (Wildman–Crippen MR) is 78.1 cm³/mol. The first kappa shape index (κ1) is 14.6. The second kappa shape index (κ2) is 7.82. The topological polar surface area (TPSA) is 9.23 Å². The van der Waals surface area contributed by atoms with Crippen molar-refractivity contribution < 1.29 is 4.74 Å². The van der Waals surface area contributed by atoms with Crippen LogP contribution in [0.2, 0.25) is 0 Å². The molecule has 1 nitrogen and oxygen atoms in total. The molecule has 1 heteroatoms. The Kier molecular flexibility index (Phi) is 6.36. The molecule has 0 aliphatic carbocycles. The monoisotopic (exact) mass is 244 g/mol. The molecule has 0 radical (unpaired) electrons. The second-order valence-electron chi connectivity index (χ2n) is 4.59. The van der Waals surface area contributed by atoms with Gasteiger partial charge in [0.1, 0.15) is 5.75 Å². The molecule has 0 saturated heterocycles. The summed E-state index contributed by atoms with van der Waals surface area (Å²) in [7, 11) is 0. The quantitative estimate of drug-likeness (QED) is 0.667. The fourth-order valence-corrected chi connectivity index (χ4v) is 2.04. The third kappa shape index (κ3) is 4.11.